The molecule has 3 N–H and O–H groups in total. The molecule has 0 atom stereocenters. The Hall–Kier alpha value is -1.72. The molecule has 10 heteroatoms. The molecule has 0 radical (unpaired) electrons. The predicted molar refractivity (Wildman–Crippen MR) is 96.7 cm³/mol. The van der Waals surface area contributed by atoms with E-state index in [9.17, 15) is 28.1 Å². The third kappa shape index (κ3) is 4.59. The summed E-state index contributed by atoms with van der Waals surface area (Å²) >= 11 is 0. The van der Waals surface area contributed by atoms with E-state index >= 15 is 0 Å². The zero-order valence-electron chi connectivity index (χ0n) is 14.3. The summed E-state index contributed by atoms with van der Waals surface area (Å²) in [7, 11) is -6.28. The third-order valence-corrected chi connectivity index (χ3v) is 4.72. The van der Waals surface area contributed by atoms with Gasteiger partial charge in [-0.1, -0.05) is 54.3 Å². The first-order chi connectivity index (χ1) is 12.3. The van der Waals surface area contributed by atoms with Crippen LogP contribution < -0.4 is 40.1 Å². The summed E-state index contributed by atoms with van der Waals surface area (Å²) in [6.07, 6.45) is 1.30. The fourth-order valence-electron chi connectivity index (χ4n) is 2.65. The first kappa shape index (κ1) is 21.6. The number of hydrogen-bond donors (Lipinski definition) is 3. The summed E-state index contributed by atoms with van der Waals surface area (Å²) in [5.74, 6) is -0.686. The minimum absolute atomic E-state index is 0. The second kappa shape index (κ2) is 8.53. The molecule has 0 saturated carbocycles. The van der Waals surface area contributed by atoms with Crippen molar-refractivity contribution in [2.75, 3.05) is 0 Å². The van der Waals surface area contributed by atoms with E-state index in [2.05, 4.69) is 4.99 Å². The average molecular weight is 393 g/mol. The fourth-order valence-corrected chi connectivity index (χ4v) is 3.36. The molecule has 0 spiro atoms. The quantitative estimate of drug-likeness (QED) is 0.257. The van der Waals surface area contributed by atoms with Gasteiger partial charge in [0.1, 0.15) is 4.90 Å². The van der Waals surface area contributed by atoms with E-state index in [1.54, 1.807) is 30.3 Å². The van der Waals surface area contributed by atoms with Crippen LogP contribution in [0, 0.1) is 0 Å². The first-order valence-electron chi connectivity index (χ1n) is 7.48. The van der Waals surface area contributed by atoms with Crippen LogP contribution in [0.4, 0.5) is 5.69 Å². The average Bonchev–Trinajstić information content (AvgIpc) is 2.59. The number of benzene rings is 3. The molecule has 0 fully saturated rings. The van der Waals surface area contributed by atoms with Crippen molar-refractivity contribution in [3.63, 3.8) is 0 Å². The Morgan fingerprint density at radius 2 is 1.59 bits per heavy atom. The molecule has 27 heavy (non-hydrogen) atoms. The molecule has 0 heterocycles. The van der Waals surface area contributed by atoms with E-state index in [1.165, 1.54) is 24.4 Å². The second-order valence-corrected chi connectivity index (χ2v) is 6.89. The van der Waals surface area contributed by atoms with E-state index < -0.39 is 27.9 Å². The molecular formula is C17H13BNNaO6S. The van der Waals surface area contributed by atoms with Gasteiger partial charge in [0.15, 0.2) is 0 Å². The summed E-state index contributed by atoms with van der Waals surface area (Å²) in [4.78, 5) is 3.65. The number of aliphatic imine (C=N–C) groups is 1. The molecule has 7 nitrogen and oxygen atoms in total. The molecule has 3 rings (SSSR count). The monoisotopic (exact) mass is 393 g/mol. The van der Waals surface area contributed by atoms with Crippen LogP contribution in [0.1, 0.15) is 5.56 Å². The standard InChI is InChI=1S/C17H14BNO6S.Na/c20-15-9-16(26(23,24)25)12-6-2-3-7-13(12)17(15)19-10-11-5-1-4-8-14(11)18(21)22;/h1-10,20-22H,(H,23,24,25);/q;+1/p-1. The van der Waals surface area contributed by atoms with Crippen LogP contribution in [-0.4, -0.2) is 36.4 Å². The van der Waals surface area contributed by atoms with E-state index in [1.807, 2.05) is 0 Å². The summed E-state index contributed by atoms with van der Waals surface area (Å²) in [6.45, 7) is 0. The van der Waals surface area contributed by atoms with E-state index in [0.717, 1.165) is 6.07 Å². The van der Waals surface area contributed by atoms with Gasteiger partial charge in [-0.05, 0) is 17.1 Å². The zero-order valence-corrected chi connectivity index (χ0v) is 17.1. The molecule has 3 aromatic carbocycles. The topological polar surface area (TPSA) is 130 Å². The molecule has 132 valence electrons. The molecule has 3 aromatic rings. The van der Waals surface area contributed by atoms with Crippen molar-refractivity contribution in [2.24, 2.45) is 4.99 Å². The number of nitrogens with zero attached hydrogens (tertiary/aromatic N) is 1. The third-order valence-electron chi connectivity index (χ3n) is 3.83. The van der Waals surface area contributed by atoms with Crippen LogP contribution in [0.25, 0.3) is 10.8 Å². The Balaban J connectivity index is 0.00000261. The molecule has 0 aromatic heterocycles. The molecule has 0 saturated heterocycles. The number of rotatable bonds is 4. The number of fused-ring (bicyclic) bond motifs is 1. The normalized spacial score (nSPS) is 11.5. The van der Waals surface area contributed by atoms with Crippen LogP contribution in [0.5, 0.6) is 5.75 Å². The van der Waals surface area contributed by atoms with Crippen LogP contribution in [-0.2, 0) is 10.1 Å². The van der Waals surface area contributed by atoms with Crippen molar-refractivity contribution in [3.8, 4) is 5.75 Å². The van der Waals surface area contributed by atoms with Crippen LogP contribution >= 0.6 is 0 Å². The van der Waals surface area contributed by atoms with Crippen LogP contribution in [0.15, 0.2) is 64.5 Å². The van der Waals surface area contributed by atoms with Gasteiger partial charge < -0.3 is 15.2 Å². The van der Waals surface area contributed by atoms with Gasteiger partial charge >= 0.3 is 36.7 Å². The fraction of sp³-hybridized carbons (Fsp3) is 0. The van der Waals surface area contributed by atoms with Gasteiger partial charge in [-0.15, -0.1) is 0 Å². The Labute approximate surface area is 178 Å². The zero-order chi connectivity index (χ0) is 18.9. The van der Waals surface area contributed by atoms with Crippen molar-refractivity contribution < 1.29 is 57.7 Å². The van der Waals surface area contributed by atoms with Gasteiger partial charge in [-0.2, -0.15) is 8.42 Å². The van der Waals surface area contributed by atoms with Crippen molar-refractivity contribution in [3.05, 3.63) is 60.2 Å². The summed E-state index contributed by atoms with van der Waals surface area (Å²) < 4.78 is 32.4. The largest absolute Gasteiger partial charge is 1.00 e. The van der Waals surface area contributed by atoms with Gasteiger partial charge in [0, 0.05) is 17.0 Å². The molecule has 0 bridgehead atoms. The van der Waals surface area contributed by atoms with Crippen molar-refractivity contribution >= 4 is 45.4 Å². The maximum atomic E-state index is 12.4. The van der Waals surface area contributed by atoms with Gasteiger partial charge in [-0.3, -0.25) is 9.55 Å². The molecule has 0 aliphatic heterocycles. The molecule has 0 aliphatic carbocycles. The Morgan fingerprint density at radius 3 is 2.22 bits per heavy atom. The van der Waals surface area contributed by atoms with E-state index in [0.29, 0.717) is 5.56 Å². The Bertz CT molecular complexity index is 1120. The van der Waals surface area contributed by atoms with Gasteiger partial charge in [-0.25, -0.2) is 0 Å². The Kier molecular flexibility index (Phi) is 6.82. The Morgan fingerprint density at radius 1 is 1.00 bits per heavy atom. The molecule has 0 amide bonds. The number of hydrogen-bond acceptors (Lipinski definition) is 6. The van der Waals surface area contributed by atoms with Gasteiger partial charge in [0.25, 0.3) is 10.1 Å². The smallest absolute Gasteiger partial charge is 0.871 e. The minimum atomic E-state index is -4.57. The van der Waals surface area contributed by atoms with Crippen molar-refractivity contribution in [2.45, 2.75) is 4.90 Å². The second-order valence-electron chi connectivity index (χ2n) is 5.50. The summed E-state index contributed by atoms with van der Waals surface area (Å²) in [6, 6.07) is 13.4. The maximum absolute atomic E-state index is 12.4. The van der Waals surface area contributed by atoms with Crippen molar-refractivity contribution in [1.82, 2.24) is 0 Å². The first-order valence-corrected chi connectivity index (χ1v) is 8.92. The van der Waals surface area contributed by atoms with Crippen LogP contribution in [0.3, 0.4) is 0 Å². The minimum Gasteiger partial charge on any atom is -0.871 e. The summed E-state index contributed by atoms with van der Waals surface area (Å²) in [5, 5.41) is 31.6. The molecule has 0 aliphatic rings. The molecule has 0 unspecified atom stereocenters. The van der Waals surface area contributed by atoms with Gasteiger partial charge in [0.2, 0.25) is 0 Å². The van der Waals surface area contributed by atoms with Gasteiger partial charge in [0.05, 0.1) is 5.69 Å². The van der Waals surface area contributed by atoms with E-state index in [4.69, 9.17) is 0 Å². The summed E-state index contributed by atoms with van der Waals surface area (Å²) in [5.41, 5.74) is 0.586. The maximum Gasteiger partial charge on any atom is 1.00 e. The van der Waals surface area contributed by atoms with E-state index in [-0.39, 0.29) is 51.5 Å². The molecular weight excluding hydrogens is 380 g/mol. The SMILES string of the molecule is O=S(=O)(O)c1cc([O-])c(N=Cc2ccccc2B(O)O)c2ccccc12.[Na+]. The predicted octanol–water partition coefficient (Wildman–Crippen LogP) is -2.41. The van der Waals surface area contributed by atoms with Crippen LogP contribution in [0.2, 0.25) is 0 Å². The van der Waals surface area contributed by atoms with Crippen molar-refractivity contribution in [1.29, 1.82) is 0 Å².